The summed E-state index contributed by atoms with van der Waals surface area (Å²) < 4.78 is 5.51. The molecule has 0 radical (unpaired) electrons. The van der Waals surface area contributed by atoms with Gasteiger partial charge in [-0.1, -0.05) is 12.1 Å². The first-order valence-corrected chi connectivity index (χ1v) is 6.32. The Morgan fingerprint density at radius 2 is 2.28 bits per heavy atom. The standard InChI is InChI=1S/C14H20N2O2/c1-10(15)11-4-3-5-13(8-11)18-9-14(17)16(2)12-6-7-12/h3-5,8,10,12H,6-7,9,15H2,1-2H3/t10-/m0/s1. The van der Waals surface area contributed by atoms with E-state index in [1.54, 1.807) is 4.90 Å². The van der Waals surface area contributed by atoms with E-state index in [-0.39, 0.29) is 18.6 Å². The van der Waals surface area contributed by atoms with E-state index in [1.165, 1.54) is 0 Å². The minimum Gasteiger partial charge on any atom is -0.484 e. The third-order valence-corrected chi connectivity index (χ3v) is 3.23. The predicted molar refractivity (Wildman–Crippen MR) is 70.3 cm³/mol. The number of benzene rings is 1. The van der Waals surface area contributed by atoms with Crippen LogP contribution in [0.5, 0.6) is 5.75 Å². The number of carbonyl (C=O) groups is 1. The molecule has 4 nitrogen and oxygen atoms in total. The van der Waals surface area contributed by atoms with Crippen molar-refractivity contribution in [2.45, 2.75) is 31.8 Å². The van der Waals surface area contributed by atoms with Gasteiger partial charge in [0.05, 0.1) is 0 Å². The smallest absolute Gasteiger partial charge is 0.260 e. The summed E-state index contributed by atoms with van der Waals surface area (Å²) >= 11 is 0. The highest BCUT2D eigenvalue weighted by atomic mass is 16.5. The van der Waals surface area contributed by atoms with Crippen LogP contribution in [-0.2, 0) is 4.79 Å². The van der Waals surface area contributed by atoms with Crippen molar-refractivity contribution >= 4 is 5.91 Å². The van der Waals surface area contributed by atoms with Crippen LogP contribution in [0.2, 0.25) is 0 Å². The van der Waals surface area contributed by atoms with Gasteiger partial charge in [-0.25, -0.2) is 0 Å². The number of amides is 1. The van der Waals surface area contributed by atoms with Crippen molar-refractivity contribution in [3.8, 4) is 5.75 Å². The first-order chi connectivity index (χ1) is 8.58. The molecule has 18 heavy (non-hydrogen) atoms. The number of ether oxygens (including phenoxy) is 1. The van der Waals surface area contributed by atoms with E-state index in [0.717, 1.165) is 18.4 Å². The largest absolute Gasteiger partial charge is 0.484 e. The number of nitrogens with zero attached hydrogens (tertiary/aromatic N) is 1. The van der Waals surface area contributed by atoms with Gasteiger partial charge in [-0.15, -0.1) is 0 Å². The molecule has 1 atom stereocenters. The Hall–Kier alpha value is -1.55. The summed E-state index contributed by atoms with van der Waals surface area (Å²) in [5.74, 6) is 0.728. The van der Waals surface area contributed by atoms with Crippen LogP contribution in [0.4, 0.5) is 0 Å². The average Bonchev–Trinajstić information content (AvgIpc) is 3.19. The fourth-order valence-electron chi connectivity index (χ4n) is 1.80. The molecule has 1 aliphatic rings. The summed E-state index contributed by atoms with van der Waals surface area (Å²) in [6, 6.07) is 7.97. The van der Waals surface area contributed by atoms with Gasteiger partial charge in [-0.05, 0) is 37.5 Å². The summed E-state index contributed by atoms with van der Waals surface area (Å²) in [7, 11) is 1.84. The average molecular weight is 248 g/mol. The third kappa shape index (κ3) is 3.23. The second-order valence-electron chi connectivity index (χ2n) is 4.89. The van der Waals surface area contributed by atoms with Gasteiger partial charge in [-0.3, -0.25) is 4.79 Å². The van der Waals surface area contributed by atoms with Crippen LogP contribution in [0.3, 0.4) is 0 Å². The third-order valence-electron chi connectivity index (χ3n) is 3.23. The molecule has 0 heterocycles. The molecule has 0 spiro atoms. The molecule has 0 saturated heterocycles. The zero-order chi connectivity index (χ0) is 13.1. The molecular weight excluding hydrogens is 228 g/mol. The van der Waals surface area contributed by atoms with Gasteiger partial charge in [0, 0.05) is 19.1 Å². The molecule has 0 aromatic heterocycles. The Bertz CT molecular complexity index is 428. The summed E-state index contributed by atoms with van der Waals surface area (Å²) in [4.78, 5) is 13.6. The van der Waals surface area contributed by atoms with E-state index in [0.29, 0.717) is 11.8 Å². The topological polar surface area (TPSA) is 55.6 Å². The molecule has 0 bridgehead atoms. The van der Waals surface area contributed by atoms with Gasteiger partial charge in [0.1, 0.15) is 5.75 Å². The first-order valence-electron chi connectivity index (χ1n) is 6.32. The predicted octanol–water partition coefficient (Wildman–Crippen LogP) is 1.71. The van der Waals surface area contributed by atoms with Crippen molar-refractivity contribution in [3.63, 3.8) is 0 Å². The normalized spacial score (nSPS) is 16.2. The molecule has 2 N–H and O–H groups in total. The van der Waals surface area contributed by atoms with Crippen LogP contribution in [0, 0.1) is 0 Å². The molecule has 1 saturated carbocycles. The molecule has 1 aliphatic carbocycles. The van der Waals surface area contributed by atoms with E-state index in [1.807, 2.05) is 38.2 Å². The SMILES string of the molecule is C[C@H](N)c1cccc(OCC(=O)N(C)C2CC2)c1. The summed E-state index contributed by atoms with van der Waals surface area (Å²) in [5, 5.41) is 0. The molecule has 0 unspecified atom stereocenters. The molecule has 1 amide bonds. The van der Waals surface area contributed by atoms with E-state index in [2.05, 4.69) is 0 Å². The molecule has 4 heteroatoms. The molecule has 98 valence electrons. The number of likely N-dealkylation sites (N-methyl/N-ethyl adjacent to an activating group) is 1. The van der Waals surface area contributed by atoms with Gasteiger partial charge in [0.15, 0.2) is 6.61 Å². The van der Waals surface area contributed by atoms with Gasteiger partial charge in [-0.2, -0.15) is 0 Å². The Morgan fingerprint density at radius 1 is 1.56 bits per heavy atom. The van der Waals surface area contributed by atoms with Crippen LogP contribution < -0.4 is 10.5 Å². The van der Waals surface area contributed by atoms with Gasteiger partial charge < -0.3 is 15.4 Å². The maximum atomic E-state index is 11.8. The van der Waals surface area contributed by atoms with Crippen molar-refractivity contribution in [1.29, 1.82) is 0 Å². The van der Waals surface area contributed by atoms with Crippen LogP contribution in [0.25, 0.3) is 0 Å². The molecular formula is C14H20N2O2. The molecule has 0 aliphatic heterocycles. The van der Waals surface area contributed by atoms with Crippen LogP contribution in [-0.4, -0.2) is 30.5 Å². The monoisotopic (exact) mass is 248 g/mol. The highest BCUT2D eigenvalue weighted by molar-refractivity contribution is 5.78. The summed E-state index contributed by atoms with van der Waals surface area (Å²) in [6.07, 6.45) is 2.23. The van der Waals surface area contributed by atoms with Gasteiger partial charge in [0.25, 0.3) is 5.91 Å². The maximum absolute atomic E-state index is 11.8. The highest BCUT2D eigenvalue weighted by Gasteiger charge is 2.29. The Morgan fingerprint density at radius 3 is 2.89 bits per heavy atom. The summed E-state index contributed by atoms with van der Waals surface area (Å²) in [5.41, 5.74) is 6.81. The molecule has 2 rings (SSSR count). The van der Waals surface area contributed by atoms with Crippen LogP contribution in [0.1, 0.15) is 31.4 Å². The number of hydrogen-bond donors (Lipinski definition) is 1. The lowest BCUT2D eigenvalue weighted by molar-refractivity contribution is -0.132. The van der Waals surface area contributed by atoms with E-state index >= 15 is 0 Å². The minimum atomic E-state index is -0.0293. The minimum absolute atomic E-state index is 0.0293. The van der Waals surface area contributed by atoms with E-state index in [4.69, 9.17) is 10.5 Å². The van der Waals surface area contributed by atoms with Crippen LogP contribution >= 0.6 is 0 Å². The van der Waals surface area contributed by atoms with Crippen molar-refractivity contribution in [2.75, 3.05) is 13.7 Å². The lowest BCUT2D eigenvalue weighted by atomic mass is 10.1. The van der Waals surface area contributed by atoms with Crippen molar-refractivity contribution in [2.24, 2.45) is 5.73 Å². The second-order valence-corrected chi connectivity index (χ2v) is 4.89. The second kappa shape index (κ2) is 5.40. The van der Waals surface area contributed by atoms with Gasteiger partial charge in [0.2, 0.25) is 0 Å². The maximum Gasteiger partial charge on any atom is 0.260 e. The van der Waals surface area contributed by atoms with E-state index < -0.39 is 0 Å². The zero-order valence-electron chi connectivity index (χ0n) is 10.9. The van der Waals surface area contributed by atoms with Crippen molar-refractivity contribution in [3.05, 3.63) is 29.8 Å². The Kier molecular flexibility index (Phi) is 3.87. The Balaban J connectivity index is 1.89. The van der Waals surface area contributed by atoms with Crippen LogP contribution in [0.15, 0.2) is 24.3 Å². The fraction of sp³-hybridized carbons (Fsp3) is 0.500. The van der Waals surface area contributed by atoms with Crippen molar-refractivity contribution in [1.82, 2.24) is 4.90 Å². The summed E-state index contributed by atoms with van der Waals surface area (Å²) in [6.45, 7) is 2.01. The first kappa shape index (κ1) is 12.9. The fourth-order valence-corrected chi connectivity index (χ4v) is 1.80. The number of carbonyl (C=O) groups excluding carboxylic acids is 1. The zero-order valence-corrected chi connectivity index (χ0v) is 10.9. The number of nitrogens with two attached hydrogens (primary N) is 1. The molecule has 1 fully saturated rings. The highest BCUT2D eigenvalue weighted by Crippen LogP contribution is 2.25. The quantitative estimate of drug-likeness (QED) is 0.863. The number of rotatable bonds is 5. The molecule has 1 aromatic carbocycles. The number of hydrogen-bond acceptors (Lipinski definition) is 3. The lowest BCUT2D eigenvalue weighted by Gasteiger charge is -2.16. The molecule has 1 aromatic rings. The van der Waals surface area contributed by atoms with Crippen molar-refractivity contribution < 1.29 is 9.53 Å². The van der Waals surface area contributed by atoms with Gasteiger partial charge >= 0.3 is 0 Å². The van der Waals surface area contributed by atoms with E-state index in [9.17, 15) is 4.79 Å². The Labute approximate surface area is 108 Å². The lowest BCUT2D eigenvalue weighted by Crippen LogP contribution is -2.33.